The Kier molecular flexibility index (Phi) is 4.80. The van der Waals surface area contributed by atoms with E-state index in [2.05, 4.69) is 20.5 Å². The Bertz CT molecular complexity index is 778. The van der Waals surface area contributed by atoms with Crippen LogP contribution >= 0.6 is 11.6 Å². The van der Waals surface area contributed by atoms with Gasteiger partial charge in [0.05, 0.1) is 6.61 Å². The quantitative estimate of drug-likeness (QED) is 0.753. The fourth-order valence-corrected chi connectivity index (χ4v) is 2.26. The van der Waals surface area contributed by atoms with E-state index in [1.54, 1.807) is 12.1 Å². The zero-order chi connectivity index (χ0) is 16.1. The summed E-state index contributed by atoms with van der Waals surface area (Å²) in [5.74, 6) is 1.11. The number of benzene rings is 2. The van der Waals surface area contributed by atoms with Gasteiger partial charge in [0.15, 0.2) is 11.6 Å². The number of aromatic nitrogens is 3. The SMILES string of the molecule is OCCNc1nc(-c2ccccc2)nnc1-c1ccc(Cl)cc1. The lowest BCUT2D eigenvalue weighted by Crippen LogP contribution is -2.10. The van der Waals surface area contributed by atoms with Crippen molar-refractivity contribution >= 4 is 17.4 Å². The third kappa shape index (κ3) is 3.64. The van der Waals surface area contributed by atoms with E-state index in [-0.39, 0.29) is 6.61 Å². The standard InChI is InChI=1S/C17H15ClN4O/c18-14-8-6-12(7-9-14)15-17(19-10-11-23)20-16(22-21-15)13-4-2-1-3-5-13/h1-9,23H,10-11H2,(H,19,20,22). The Morgan fingerprint density at radius 2 is 1.65 bits per heavy atom. The Morgan fingerprint density at radius 1 is 0.913 bits per heavy atom. The maximum atomic E-state index is 9.07. The van der Waals surface area contributed by atoms with E-state index >= 15 is 0 Å². The molecule has 2 N–H and O–H groups in total. The minimum Gasteiger partial charge on any atom is -0.395 e. The summed E-state index contributed by atoms with van der Waals surface area (Å²) in [5.41, 5.74) is 2.36. The Balaban J connectivity index is 2.03. The van der Waals surface area contributed by atoms with Crippen molar-refractivity contribution in [2.45, 2.75) is 0 Å². The van der Waals surface area contributed by atoms with E-state index in [4.69, 9.17) is 16.7 Å². The van der Waals surface area contributed by atoms with Crippen LogP contribution in [0.5, 0.6) is 0 Å². The maximum absolute atomic E-state index is 9.07. The molecular weight excluding hydrogens is 312 g/mol. The molecule has 0 saturated heterocycles. The second kappa shape index (κ2) is 7.17. The first-order valence-corrected chi connectivity index (χ1v) is 7.56. The minimum atomic E-state index is 0.00469. The van der Waals surface area contributed by atoms with E-state index in [0.717, 1.165) is 11.1 Å². The summed E-state index contributed by atoms with van der Waals surface area (Å²) in [5, 5.41) is 21.3. The third-order valence-electron chi connectivity index (χ3n) is 3.24. The lowest BCUT2D eigenvalue weighted by molar-refractivity contribution is 0.311. The summed E-state index contributed by atoms with van der Waals surface area (Å²) in [7, 11) is 0. The second-order valence-corrected chi connectivity index (χ2v) is 5.29. The molecule has 0 saturated carbocycles. The fourth-order valence-electron chi connectivity index (χ4n) is 2.14. The molecule has 3 aromatic rings. The van der Waals surface area contributed by atoms with Crippen LogP contribution in [0.25, 0.3) is 22.6 Å². The highest BCUT2D eigenvalue weighted by Crippen LogP contribution is 2.26. The molecule has 5 nitrogen and oxygen atoms in total. The van der Waals surface area contributed by atoms with Gasteiger partial charge in [0.1, 0.15) is 5.69 Å². The smallest absolute Gasteiger partial charge is 0.183 e. The third-order valence-corrected chi connectivity index (χ3v) is 3.49. The predicted octanol–water partition coefficient (Wildman–Crippen LogP) is 3.26. The molecule has 0 amide bonds. The van der Waals surface area contributed by atoms with Crippen molar-refractivity contribution in [1.29, 1.82) is 0 Å². The lowest BCUT2D eigenvalue weighted by atomic mass is 10.1. The fraction of sp³-hybridized carbons (Fsp3) is 0.118. The Hall–Kier alpha value is -2.50. The molecule has 0 aliphatic heterocycles. The molecule has 0 spiro atoms. The van der Waals surface area contributed by atoms with E-state index < -0.39 is 0 Å². The van der Waals surface area contributed by atoms with Crippen molar-refractivity contribution in [1.82, 2.24) is 15.2 Å². The summed E-state index contributed by atoms with van der Waals surface area (Å²) >= 11 is 5.93. The monoisotopic (exact) mass is 326 g/mol. The van der Waals surface area contributed by atoms with Crippen molar-refractivity contribution < 1.29 is 5.11 Å². The topological polar surface area (TPSA) is 70.9 Å². The second-order valence-electron chi connectivity index (χ2n) is 4.86. The molecule has 0 radical (unpaired) electrons. The van der Waals surface area contributed by atoms with Gasteiger partial charge in [0.2, 0.25) is 0 Å². The van der Waals surface area contributed by atoms with E-state index in [1.807, 2.05) is 42.5 Å². The van der Waals surface area contributed by atoms with Gasteiger partial charge < -0.3 is 10.4 Å². The van der Waals surface area contributed by atoms with Crippen LogP contribution in [-0.2, 0) is 0 Å². The average Bonchev–Trinajstić information content (AvgIpc) is 2.61. The highest BCUT2D eigenvalue weighted by Gasteiger charge is 2.12. The first-order valence-electron chi connectivity index (χ1n) is 7.19. The number of nitrogens with one attached hydrogen (secondary N) is 1. The molecule has 0 bridgehead atoms. The van der Waals surface area contributed by atoms with Gasteiger partial charge in [-0.05, 0) is 12.1 Å². The Morgan fingerprint density at radius 3 is 2.35 bits per heavy atom. The van der Waals surface area contributed by atoms with E-state index in [1.165, 1.54) is 0 Å². The molecule has 1 heterocycles. The van der Waals surface area contributed by atoms with Gasteiger partial charge in [0, 0.05) is 22.7 Å². The van der Waals surface area contributed by atoms with Crippen molar-refractivity contribution in [3.05, 3.63) is 59.6 Å². The first-order chi connectivity index (χ1) is 11.3. The molecular formula is C17H15ClN4O. The maximum Gasteiger partial charge on any atom is 0.183 e. The number of nitrogens with zero attached hydrogens (tertiary/aromatic N) is 3. The van der Waals surface area contributed by atoms with Crippen molar-refractivity contribution in [2.24, 2.45) is 0 Å². The molecule has 0 fully saturated rings. The Labute approximate surface area is 139 Å². The van der Waals surface area contributed by atoms with Gasteiger partial charge in [-0.1, -0.05) is 54.1 Å². The van der Waals surface area contributed by atoms with Crippen molar-refractivity contribution in [3.63, 3.8) is 0 Å². The number of hydrogen-bond donors (Lipinski definition) is 2. The zero-order valence-corrected chi connectivity index (χ0v) is 13.0. The predicted molar refractivity (Wildman–Crippen MR) is 91.3 cm³/mol. The van der Waals surface area contributed by atoms with Crippen LogP contribution in [0.4, 0.5) is 5.82 Å². The molecule has 1 aromatic heterocycles. The van der Waals surface area contributed by atoms with Gasteiger partial charge in [-0.25, -0.2) is 4.98 Å². The number of rotatable bonds is 5. The highest BCUT2D eigenvalue weighted by atomic mass is 35.5. The molecule has 0 aliphatic rings. The molecule has 116 valence electrons. The first kappa shape index (κ1) is 15.4. The molecule has 2 aromatic carbocycles. The molecule has 0 aliphatic carbocycles. The van der Waals surface area contributed by atoms with Crippen molar-refractivity contribution in [3.8, 4) is 22.6 Å². The molecule has 0 unspecified atom stereocenters. The largest absolute Gasteiger partial charge is 0.395 e. The van der Waals surface area contributed by atoms with Crippen LogP contribution in [0, 0.1) is 0 Å². The van der Waals surface area contributed by atoms with Crippen LogP contribution < -0.4 is 5.32 Å². The summed E-state index contributed by atoms with van der Waals surface area (Å²) in [4.78, 5) is 4.55. The van der Waals surface area contributed by atoms with Gasteiger partial charge in [-0.2, -0.15) is 0 Å². The molecule has 23 heavy (non-hydrogen) atoms. The number of anilines is 1. The molecule has 3 rings (SSSR count). The minimum absolute atomic E-state index is 0.00469. The van der Waals surface area contributed by atoms with Gasteiger partial charge in [-0.15, -0.1) is 10.2 Å². The lowest BCUT2D eigenvalue weighted by Gasteiger charge is -2.10. The normalized spacial score (nSPS) is 10.5. The summed E-state index contributed by atoms with van der Waals surface area (Å²) in [6.07, 6.45) is 0. The summed E-state index contributed by atoms with van der Waals surface area (Å²) in [6.45, 7) is 0.387. The highest BCUT2D eigenvalue weighted by molar-refractivity contribution is 6.30. The van der Waals surface area contributed by atoms with Crippen LogP contribution in [0.15, 0.2) is 54.6 Å². The number of hydrogen-bond acceptors (Lipinski definition) is 5. The van der Waals surface area contributed by atoms with E-state index in [9.17, 15) is 0 Å². The van der Waals surface area contributed by atoms with Crippen LogP contribution in [0.1, 0.15) is 0 Å². The van der Waals surface area contributed by atoms with Crippen LogP contribution in [-0.4, -0.2) is 33.4 Å². The van der Waals surface area contributed by atoms with Crippen LogP contribution in [0.3, 0.4) is 0 Å². The molecule has 6 heteroatoms. The van der Waals surface area contributed by atoms with Crippen molar-refractivity contribution in [2.75, 3.05) is 18.5 Å². The van der Waals surface area contributed by atoms with Gasteiger partial charge in [-0.3, -0.25) is 0 Å². The van der Waals surface area contributed by atoms with Gasteiger partial charge >= 0.3 is 0 Å². The number of aliphatic hydroxyl groups is 1. The van der Waals surface area contributed by atoms with E-state index in [0.29, 0.717) is 28.9 Å². The summed E-state index contributed by atoms with van der Waals surface area (Å²) < 4.78 is 0. The van der Waals surface area contributed by atoms with Gasteiger partial charge in [0.25, 0.3) is 0 Å². The number of halogens is 1. The van der Waals surface area contributed by atoms with Crippen LogP contribution in [0.2, 0.25) is 5.02 Å². The average molecular weight is 327 g/mol. The molecule has 0 atom stereocenters. The zero-order valence-electron chi connectivity index (χ0n) is 12.3. The number of aliphatic hydroxyl groups excluding tert-OH is 1. The summed E-state index contributed by atoms with van der Waals surface area (Å²) in [6, 6.07) is 16.9.